The maximum absolute atomic E-state index is 12.4. The molecule has 0 aliphatic heterocycles. The Morgan fingerprint density at radius 1 is 1.57 bits per heavy atom. The molecule has 0 saturated heterocycles. The monoisotopic (exact) mass is 209 g/mol. The molecule has 0 spiro atoms. The van der Waals surface area contributed by atoms with Crippen molar-refractivity contribution in [2.45, 2.75) is 32.0 Å². The number of rotatable bonds is 1. The van der Waals surface area contributed by atoms with Crippen LogP contribution in [-0.4, -0.2) is 23.9 Å². The molecule has 2 atom stereocenters. The Hall–Kier alpha value is -0.550. The van der Waals surface area contributed by atoms with Gasteiger partial charge in [0, 0.05) is 6.04 Å². The molecule has 0 unspecified atom stereocenters. The summed E-state index contributed by atoms with van der Waals surface area (Å²) in [5.41, 5.74) is 4.89. The van der Waals surface area contributed by atoms with Gasteiger partial charge in [0.25, 0.3) is 0 Å². The van der Waals surface area contributed by atoms with E-state index in [1.165, 1.54) is 0 Å². The molecule has 0 bridgehead atoms. The number of aliphatic hydroxyl groups excluding tert-OH is 1. The fraction of sp³-hybridized carbons (Fsp3) is 0.778. The van der Waals surface area contributed by atoms with Gasteiger partial charge >= 0.3 is 6.18 Å². The molecule has 0 aromatic rings. The van der Waals surface area contributed by atoms with E-state index in [0.717, 1.165) is 0 Å². The predicted molar refractivity (Wildman–Crippen MR) is 46.5 cm³/mol. The third kappa shape index (κ3) is 2.27. The molecule has 1 aliphatic rings. The van der Waals surface area contributed by atoms with Crippen molar-refractivity contribution < 1.29 is 18.3 Å². The molecule has 1 aliphatic carbocycles. The van der Waals surface area contributed by atoms with E-state index in [1.807, 2.05) is 6.92 Å². The van der Waals surface area contributed by atoms with Crippen molar-refractivity contribution in [3.63, 3.8) is 0 Å². The van der Waals surface area contributed by atoms with Crippen LogP contribution >= 0.6 is 0 Å². The summed E-state index contributed by atoms with van der Waals surface area (Å²) in [6, 6.07) is -0.547. The highest BCUT2D eigenvalue weighted by molar-refractivity contribution is 5.27. The standard InChI is InChI=1S/C9H14F3NO/c1-5-2-6(8(13)3-5)7(4-14)9(10,11)12/h5,8,14H,2-4,13H2,1H3/b7-6+/t5-,8-/m0/s1. The van der Waals surface area contributed by atoms with Crippen molar-refractivity contribution in [3.05, 3.63) is 11.1 Å². The molecule has 0 radical (unpaired) electrons. The maximum atomic E-state index is 12.4. The summed E-state index contributed by atoms with van der Waals surface area (Å²) in [6.45, 7) is 0.886. The summed E-state index contributed by atoms with van der Waals surface area (Å²) in [5, 5.41) is 8.69. The summed E-state index contributed by atoms with van der Waals surface area (Å²) in [4.78, 5) is 0. The molecule has 1 rings (SSSR count). The largest absolute Gasteiger partial charge is 0.414 e. The summed E-state index contributed by atoms with van der Waals surface area (Å²) in [6.07, 6.45) is -3.54. The first-order valence-electron chi connectivity index (χ1n) is 4.51. The Labute approximate surface area is 80.6 Å². The number of aliphatic hydroxyl groups is 1. The van der Waals surface area contributed by atoms with E-state index in [-0.39, 0.29) is 11.5 Å². The molecule has 0 heterocycles. The van der Waals surface area contributed by atoms with E-state index >= 15 is 0 Å². The number of hydrogen-bond acceptors (Lipinski definition) is 2. The van der Waals surface area contributed by atoms with Crippen LogP contribution in [0.5, 0.6) is 0 Å². The van der Waals surface area contributed by atoms with Crippen LogP contribution in [0.2, 0.25) is 0 Å². The van der Waals surface area contributed by atoms with E-state index < -0.39 is 24.4 Å². The highest BCUT2D eigenvalue weighted by Crippen LogP contribution is 2.37. The fourth-order valence-electron chi connectivity index (χ4n) is 1.91. The second-order valence-corrected chi connectivity index (χ2v) is 3.81. The quantitative estimate of drug-likeness (QED) is 0.644. The van der Waals surface area contributed by atoms with Crippen molar-refractivity contribution >= 4 is 0 Å². The average Bonchev–Trinajstić information content (AvgIpc) is 2.29. The van der Waals surface area contributed by atoms with Gasteiger partial charge < -0.3 is 10.8 Å². The van der Waals surface area contributed by atoms with Crippen molar-refractivity contribution in [1.82, 2.24) is 0 Å². The lowest BCUT2D eigenvalue weighted by atomic mass is 10.0. The van der Waals surface area contributed by atoms with Crippen molar-refractivity contribution in [3.8, 4) is 0 Å². The summed E-state index contributed by atoms with van der Waals surface area (Å²) >= 11 is 0. The second-order valence-electron chi connectivity index (χ2n) is 3.81. The zero-order chi connectivity index (χ0) is 10.9. The first-order chi connectivity index (χ1) is 6.36. The van der Waals surface area contributed by atoms with Gasteiger partial charge in [-0.1, -0.05) is 6.92 Å². The second kappa shape index (κ2) is 3.90. The highest BCUT2D eigenvalue weighted by Gasteiger charge is 2.39. The average molecular weight is 209 g/mol. The summed E-state index contributed by atoms with van der Waals surface area (Å²) in [5.74, 6) is 0.170. The third-order valence-corrected chi connectivity index (χ3v) is 2.56. The van der Waals surface area contributed by atoms with Crippen molar-refractivity contribution in [2.24, 2.45) is 11.7 Å². The molecule has 1 saturated carbocycles. The third-order valence-electron chi connectivity index (χ3n) is 2.56. The van der Waals surface area contributed by atoms with Gasteiger partial charge in [0.15, 0.2) is 0 Å². The van der Waals surface area contributed by atoms with Gasteiger partial charge in [0.2, 0.25) is 0 Å². The smallest absolute Gasteiger partial charge is 0.392 e. The normalized spacial score (nSPS) is 32.1. The van der Waals surface area contributed by atoms with Gasteiger partial charge in [-0.15, -0.1) is 0 Å². The molecular formula is C9H14F3NO. The first kappa shape index (κ1) is 11.5. The molecule has 82 valence electrons. The predicted octanol–water partition coefficient (Wildman–Crippen LogP) is 1.59. The minimum Gasteiger partial charge on any atom is -0.392 e. The maximum Gasteiger partial charge on any atom is 0.414 e. The zero-order valence-electron chi connectivity index (χ0n) is 7.93. The minimum atomic E-state index is -4.45. The molecular weight excluding hydrogens is 195 g/mol. The lowest BCUT2D eigenvalue weighted by Gasteiger charge is -2.15. The lowest BCUT2D eigenvalue weighted by molar-refractivity contribution is -0.0987. The number of halogens is 3. The Morgan fingerprint density at radius 3 is 2.43 bits per heavy atom. The lowest BCUT2D eigenvalue weighted by Crippen LogP contribution is -2.25. The first-order valence-corrected chi connectivity index (χ1v) is 4.51. The molecule has 1 fully saturated rings. The van der Waals surface area contributed by atoms with Crippen LogP contribution in [0.25, 0.3) is 0 Å². The van der Waals surface area contributed by atoms with E-state index in [1.54, 1.807) is 0 Å². The molecule has 5 heteroatoms. The molecule has 3 N–H and O–H groups in total. The van der Waals surface area contributed by atoms with Gasteiger partial charge in [0.05, 0.1) is 12.2 Å². The van der Waals surface area contributed by atoms with E-state index in [4.69, 9.17) is 10.8 Å². The van der Waals surface area contributed by atoms with Gasteiger partial charge in [-0.2, -0.15) is 13.2 Å². The Morgan fingerprint density at radius 2 is 2.14 bits per heavy atom. The van der Waals surface area contributed by atoms with E-state index in [0.29, 0.717) is 12.8 Å². The van der Waals surface area contributed by atoms with Crippen LogP contribution < -0.4 is 5.73 Å². The molecule has 0 aromatic heterocycles. The van der Waals surface area contributed by atoms with Crippen LogP contribution in [0.1, 0.15) is 19.8 Å². The summed E-state index contributed by atoms with van der Waals surface area (Å²) < 4.78 is 37.2. The Balaban J connectivity index is 3.00. The van der Waals surface area contributed by atoms with Crippen molar-refractivity contribution in [2.75, 3.05) is 6.61 Å². The molecule has 0 amide bonds. The number of hydrogen-bond donors (Lipinski definition) is 2. The number of nitrogens with two attached hydrogens (primary N) is 1. The number of alkyl halides is 3. The minimum absolute atomic E-state index is 0.170. The van der Waals surface area contributed by atoms with Crippen LogP contribution in [-0.2, 0) is 0 Å². The van der Waals surface area contributed by atoms with Gasteiger partial charge in [-0.25, -0.2) is 0 Å². The summed E-state index contributed by atoms with van der Waals surface area (Å²) in [7, 11) is 0. The molecule has 14 heavy (non-hydrogen) atoms. The van der Waals surface area contributed by atoms with Crippen LogP contribution in [0, 0.1) is 5.92 Å². The van der Waals surface area contributed by atoms with E-state index in [9.17, 15) is 13.2 Å². The highest BCUT2D eigenvalue weighted by atomic mass is 19.4. The van der Waals surface area contributed by atoms with Gasteiger partial charge in [0.1, 0.15) is 0 Å². The van der Waals surface area contributed by atoms with Gasteiger partial charge in [-0.3, -0.25) is 0 Å². The zero-order valence-corrected chi connectivity index (χ0v) is 7.93. The Kier molecular flexibility index (Phi) is 3.21. The molecule has 2 nitrogen and oxygen atoms in total. The van der Waals surface area contributed by atoms with Crippen LogP contribution in [0.3, 0.4) is 0 Å². The Bertz CT molecular complexity index is 247. The van der Waals surface area contributed by atoms with Gasteiger partial charge in [-0.05, 0) is 24.3 Å². The van der Waals surface area contributed by atoms with Crippen LogP contribution in [0.15, 0.2) is 11.1 Å². The van der Waals surface area contributed by atoms with E-state index in [2.05, 4.69) is 0 Å². The topological polar surface area (TPSA) is 46.2 Å². The SMILES string of the molecule is C[C@H]1C/C(=C(/CO)C(F)(F)F)[C@@H](N)C1. The van der Waals surface area contributed by atoms with Crippen molar-refractivity contribution in [1.29, 1.82) is 0 Å². The molecule has 0 aromatic carbocycles. The van der Waals surface area contributed by atoms with Crippen LogP contribution in [0.4, 0.5) is 13.2 Å². The fourth-order valence-corrected chi connectivity index (χ4v) is 1.91.